The zero-order valence-corrected chi connectivity index (χ0v) is 27.3. The second-order valence-corrected chi connectivity index (χ2v) is 13.4. The van der Waals surface area contributed by atoms with E-state index < -0.39 is 0 Å². The van der Waals surface area contributed by atoms with Crippen LogP contribution in [-0.2, 0) is 11.2 Å². The summed E-state index contributed by atoms with van der Waals surface area (Å²) < 4.78 is 0. The summed E-state index contributed by atoms with van der Waals surface area (Å²) in [5, 5.41) is 3.62. The first-order valence-corrected chi connectivity index (χ1v) is 18.4. The molecule has 0 aromatic heterocycles. The Kier molecular flexibility index (Phi) is 17.8. The normalized spacial score (nSPS) is 18.0. The summed E-state index contributed by atoms with van der Waals surface area (Å²) in [5.74, 6) is 0.840. The number of hydrogen-bond donors (Lipinski definition) is 1. The monoisotopic (exact) mass is 567 g/mol. The van der Waals surface area contributed by atoms with E-state index in [9.17, 15) is 4.79 Å². The van der Waals surface area contributed by atoms with E-state index in [1.54, 1.807) is 0 Å². The van der Waals surface area contributed by atoms with Crippen LogP contribution in [-0.4, -0.2) is 25.0 Å². The van der Waals surface area contributed by atoms with Crippen LogP contribution in [0.15, 0.2) is 18.2 Å². The molecule has 0 unspecified atom stereocenters. The van der Waals surface area contributed by atoms with Gasteiger partial charge in [-0.3, -0.25) is 4.79 Å². The lowest BCUT2D eigenvalue weighted by atomic mass is 9.89. The number of fused-ring (bicyclic) bond motifs is 3. The van der Waals surface area contributed by atoms with E-state index in [0.717, 1.165) is 25.9 Å². The van der Waals surface area contributed by atoms with E-state index in [0.29, 0.717) is 24.3 Å². The van der Waals surface area contributed by atoms with Crippen LogP contribution in [0.4, 0.5) is 5.69 Å². The maximum absolute atomic E-state index is 13.5. The van der Waals surface area contributed by atoms with Crippen LogP contribution < -0.4 is 10.2 Å². The number of amides is 1. The number of hydrogen-bond acceptors (Lipinski definition) is 2. The Morgan fingerprint density at radius 3 is 1.78 bits per heavy atom. The number of carbonyl (C=O) groups excluding carboxylic acids is 1. The van der Waals surface area contributed by atoms with E-state index >= 15 is 0 Å². The lowest BCUT2D eigenvalue weighted by Crippen LogP contribution is -2.46. The fraction of sp³-hybridized carbons (Fsp3) is 0.816. The second-order valence-electron chi connectivity index (χ2n) is 13.4. The van der Waals surface area contributed by atoms with Gasteiger partial charge in [-0.1, -0.05) is 154 Å². The second kappa shape index (κ2) is 21.4. The standard InChI is InChI=1S/C38H66N2O/c1-3-5-7-9-11-13-15-17-19-21-23-25-33-27-28-36-34(31-33)35-32-39-30-29-37(35)40(36)38(41)26-24-22-20-18-16-14-12-10-8-6-4-2/h27-28,31,35,37,39H,3-26,29-30,32H2,1-2H3/t35-,37-/m1/s1. The van der Waals surface area contributed by atoms with Crippen molar-refractivity contribution >= 4 is 11.6 Å². The quantitative estimate of drug-likeness (QED) is 0.126. The first-order valence-electron chi connectivity index (χ1n) is 18.4. The number of nitrogens with one attached hydrogen (secondary N) is 1. The van der Waals surface area contributed by atoms with Gasteiger partial charge < -0.3 is 10.2 Å². The van der Waals surface area contributed by atoms with Gasteiger partial charge in [0.1, 0.15) is 0 Å². The molecule has 1 saturated heterocycles. The number of unbranched alkanes of at least 4 members (excludes halogenated alkanes) is 20. The van der Waals surface area contributed by atoms with Gasteiger partial charge in [0.2, 0.25) is 5.91 Å². The molecule has 1 aromatic carbocycles. The molecule has 0 radical (unpaired) electrons. The van der Waals surface area contributed by atoms with Gasteiger partial charge in [-0.2, -0.15) is 0 Å². The topological polar surface area (TPSA) is 32.3 Å². The van der Waals surface area contributed by atoms with Crippen LogP contribution in [0.5, 0.6) is 0 Å². The molecule has 41 heavy (non-hydrogen) atoms. The third kappa shape index (κ3) is 12.4. The lowest BCUT2D eigenvalue weighted by molar-refractivity contribution is -0.119. The highest BCUT2D eigenvalue weighted by molar-refractivity contribution is 5.97. The van der Waals surface area contributed by atoms with Crippen molar-refractivity contribution in [3.63, 3.8) is 0 Å². The summed E-state index contributed by atoms with van der Waals surface area (Å²) in [6.45, 7) is 6.63. The fourth-order valence-electron chi connectivity index (χ4n) is 7.30. The van der Waals surface area contributed by atoms with Gasteiger partial charge in [0.25, 0.3) is 0 Å². The summed E-state index contributed by atoms with van der Waals surface area (Å²) in [7, 11) is 0. The summed E-state index contributed by atoms with van der Waals surface area (Å²) in [4.78, 5) is 15.7. The van der Waals surface area contributed by atoms with Crippen LogP contribution >= 0.6 is 0 Å². The van der Waals surface area contributed by atoms with Crippen LogP contribution in [0.1, 0.15) is 185 Å². The summed E-state index contributed by atoms with van der Waals surface area (Å²) in [6, 6.07) is 7.44. The summed E-state index contributed by atoms with van der Waals surface area (Å²) >= 11 is 0. The summed E-state index contributed by atoms with van der Waals surface area (Å²) in [6.07, 6.45) is 32.9. The SMILES string of the molecule is CCCCCCCCCCCCCC(=O)N1c2ccc(CCCCCCCCCCCCC)cc2[C@H]2CNCC[C@H]21. The molecule has 0 bridgehead atoms. The van der Waals surface area contributed by atoms with Crippen molar-refractivity contribution in [3.8, 4) is 0 Å². The number of rotatable bonds is 24. The molecule has 0 saturated carbocycles. The molecular formula is C38H66N2O. The third-order valence-corrected chi connectivity index (χ3v) is 9.86. The Morgan fingerprint density at radius 2 is 1.22 bits per heavy atom. The molecule has 0 spiro atoms. The Morgan fingerprint density at radius 1 is 0.707 bits per heavy atom. The van der Waals surface area contributed by atoms with Crippen LogP contribution in [0.25, 0.3) is 0 Å². The van der Waals surface area contributed by atoms with Crippen molar-refractivity contribution in [1.29, 1.82) is 0 Å². The highest BCUT2D eigenvalue weighted by Crippen LogP contribution is 2.44. The Bertz CT molecular complexity index is 820. The van der Waals surface area contributed by atoms with E-state index in [2.05, 4.69) is 42.3 Å². The number of nitrogens with zero attached hydrogens (tertiary/aromatic N) is 1. The van der Waals surface area contributed by atoms with Gasteiger partial charge in [0, 0.05) is 30.6 Å². The molecule has 1 amide bonds. The van der Waals surface area contributed by atoms with Crippen LogP contribution in [0, 0.1) is 0 Å². The molecule has 234 valence electrons. The third-order valence-electron chi connectivity index (χ3n) is 9.86. The molecule has 3 rings (SSSR count). The fourth-order valence-corrected chi connectivity index (χ4v) is 7.30. The van der Waals surface area contributed by atoms with Gasteiger partial charge in [-0.25, -0.2) is 0 Å². The number of carbonyl (C=O) groups is 1. The van der Waals surface area contributed by atoms with Crippen molar-refractivity contribution in [1.82, 2.24) is 5.32 Å². The number of benzene rings is 1. The predicted octanol–water partition coefficient (Wildman–Crippen LogP) is 11.0. The van der Waals surface area contributed by atoms with Crippen molar-refractivity contribution < 1.29 is 4.79 Å². The van der Waals surface area contributed by atoms with Gasteiger partial charge in [-0.05, 0) is 49.4 Å². The van der Waals surface area contributed by atoms with Crippen molar-refractivity contribution in [2.45, 2.75) is 186 Å². The van der Waals surface area contributed by atoms with Gasteiger partial charge in [0.05, 0.1) is 0 Å². The van der Waals surface area contributed by atoms with E-state index in [-0.39, 0.29) is 0 Å². The maximum atomic E-state index is 13.5. The maximum Gasteiger partial charge on any atom is 0.227 e. The zero-order chi connectivity index (χ0) is 29.0. The van der Waals surface area contributed by atoms with Gasteiger partial charge >= 0.3 is 0 Å². The highest BCUT2D eigenvalue weighted by atomic mass is 16.2. The molecule has 2 heterocycles. The molecule has 1 aromatic rings. The van der Waals surface area contributed by atoms with E-state index in [1.807, 2.05) is 0 Å². The largest absolute Gasteiger partial charge is 0.316 e. The lowest BCUT2D eigenvalue weighted by Gasteiger charge is -2.32. The van der Waals surface area contributed by atoms with Crippen molar-refractivity contribution in [2.24, 2.45) is 0 Å². The number of aryl methyl sites for hydroxylation is 1. The first-order chi connectivity index (χ1) is 20.3. The molecular weight excluding hydrogens is 500 g/mol. The molecule has 2 aliphatic heterocycles. The molecule has 3 nitrogen and oxygen atoms in total. The van der Waals surface area contributed by atoms with Gasteiger partial charge in [0.15, 0.2) is 0 Å². The molecule has 1 N–H and O–H groups in total. The molecule has 3 heteroatoms. The van der Waals surface area contributed by atoms with E-state index in [1.165, 1.54) is 158 Å². The minimum Gasteiger partial charge on any atom is -0.316 e. The molecule has 1 fully saturated rings. The number of anilines is 1. The molecule has 2 atom stereocenters. The molecule has 2 aliphatic rings. The Balaban J connectivity index is 1.35. The van der Waals surface area contributed by atoms with Crippen molar-refractivity contribution in [2.75, 3.05) is 18.0 Å². The average molecular weight is 567 g/mol. The zero-order valence-electron chi connectivity index (χ0n) is 27.3. The molecule has 0 aliphatic carbocycles. The highest BCUT2D eigenvalue weighted by Gasteiger charge is 2.42. The Hall–Kier alpha value is -1.35. The average Bonchev–Trinajstić information content (AvgIpc) is 3.32. The van der Waals surface area contributed by atoms with Crippen LogP contribution in [0.3, 0.4) is 0 Å². The number of piperidine rings is 1. The van der Waals surface area contributed by atoms with Crippen LogP contribution in [0.2, 0.25) is 0 Å². The minimum absolute atomic E-state index is 0.365. The first kappa shape index (κ1) is 34.1. The van der Waals surface area contributed by atoms with Crippen molar-refractivity contribution in [3.05, 3.63) is 29.3 Å². The summed E-state index contributed by atoms with van der Waals surface area (Å²) in [5.41, 5.74) is 4.14. The van der Waals surface area contributed by atoms with E-state index in [4.69, 9.17) is 0 Å². The Labute approximate surface area is 255 Å². The van der Waals surface area contributed by atoms with Gasteiger partial charge in [-0.15, -0.1) is 0 Å². The smallest absolute Gasteiger partial charge is 0.227 e. The predicted molar refractivity (Wildman–Crippen MR) is 179 cm³/mol. The minimum atomic E-state index is 0.365.